The molecule has 16 nitrogen and oxygen atoms in total. The molecule has 0 amide bonds. The molecule has 0 aromatic rings. The summed E-state index contributed by atoms with van der Waals surface area (Å²) in [5.41, 5.74) is -1.34. The van der Waals surface area contributed by atoms with Gasteiger partial charge in [0.05, 0.1) is 17.6 Å². The van der Waals surface area contributed by atoms with E-state index in [2.05, 4.69) is 33.8 Å². The van der Waals surface area contributed by atoms with Crippen LogP contribution >= 0.6 is 0 Å². The average molecular weight is 825 g/mol. The Bertz CT molecular complexity index is 1680. The predicted molar refractivity (Wildman–Crippen MR) is 200 cm³/mol. The number of hydrogen-bond acceptors (Lipinski definition) is 13. The molecule has 2 aliphatic heterocycles. The lowest BCUT2D eigenvalue weighted by atomic mass is 9.33. The molecule has 5 aliphatic carbocycles. The van der Waals surface area contributed by atoms with E-state index in [1.165, 1.54) is 5.57 Å². The topological polar surface area (TPSA) is 270 Å². The summed E-state index contributed by atoms with van der Waals surface area (Å²) >= 11 is 0. The maximum absolute atomic E-state index is 12.5. The third-order valence-electron chi connectivity index (χ3n) is 17.4. The van der Waals surface area contributed by atoms with Crippen molar-refractivity contribution in [1.82, 2.24) is 0 Å². The quantitative estimate of drug-likeness (QED) is 0.131. The molecule has 9 N–H and O–H groups in total. The molecule has 7 aliphatic rings. The monoisotopic (exact) mass is 824 g/mol. The molecular formula is C42H64O16. The van der Waals surface area contributed by atoms with Gasteiger partial charge in [-0.2, -0.15) is 0 Å². The first-order valence-corrected chi connectivity index (χ1v) is 20.9. The van der Waals surface area contributed by atoms with Crippen LogP contribution in [0.3, 0.4) is 0 Å². The Hall–Kier alpha value is -2.25. The Balaban J connectivity index is 1.17. The van der Waals surface area contributed by atoms with E-state index in [1.54, 1.807) is 0 Å². The third-order valence-corrected chi connectivity index (χ3v) is 17.4. The summed E-state index contributed by atoms with van der Waals surface area (Å²) in [5, 5.41) is 95.5. The van der Waals surface area contributed by atoms with Gasteiger partial charge in [-0.3, -0.25) is 4.79 Å². The lowest BCUT2D eigenvalue weighted by molar-refractivity contribution is -0.372. The number of allylic oxidation sites excluding steroid dienone is 1. The van der Waals surface area contributed by atoms with Crippen molar-refractivity contribution in [3.8, 4) is 0 Å². The zero-order valence-electron chi connectivity index (χ0n) is 34.5. The zero-order valence-corrected chi connectivity index (χ0v) is 34.5. The largest absolute Gasteiger partial charge is 0.481 e. The highest BCUT2D eigenvalue weighted by Gasteiger charge is 2.70. The molecule has 0 aromatic carbocycles. The van der Waals surface area contributed by atoms with Crippen LogP contribution in [0.5, 0.6) is 0 Å². The summed E-state index contributed by atoms with van der Waals surface area (Å²) < 4.78 is 23.4. The van der Waals surface area contributed by atoms with Crippen molar-refractivity contribution in [2.45, 2.75) is 180 Å². The van der Waals surface area contributed by atoms with Crippen molar-refractivity contribution in [3.05, 3.63) is 11.6 Å². The number of carboxylic acid groups (broad SMARTS) is 3. The highest BCUT2D eigenvalue weighted by Crippen LogP contribution is 2.76. The van der Waals surface area contributed by atoms with Gasteiger partial charge in [0.2, 0.25) is 0 Å². The van der Waals surface area contributed by atoms with Gasteiger partial charge in [-0.1, -0.05) is 53.2 Å². The van der Waals surface area contributed by atoms with E-state index >= 15 is 0 Å². The number of ether oxygens (including phenoxy) is 4. The first-order valence-electron chi connectivity index (χ1n) is 20.9. The molecule has 6 fully saturated rings. The van der Waals surface area contributed by atoms with Gasteiger partial charge in [-0.25, -0.2) is 9.59 Å². The van der Waals surface area contributed by atoms with Crippen LogP contribution in [0.1, 0.15) is 106 Å². The predicted octanol–water partition coefficient (Wildman–Crippen LogP) is 2.04. The normalized spacial score (nSPS) is 53.8. The van der Waals surface area contributed by atoms with Crippen LogP contribution in [-0.2, 0) is 33.3 Å². The SMILES string of the molecule is CC1(C)C2CC[C@]3(C)[C@H]([C@@H](O)C=C4[C@@H]5C[C@@](C)(C(=O)O)CC[C@]5(C)CC[C@]43C)[C@@]2(C)CC[C@@H]1O[C@@H]1O[C@H](C(=O)O)[C@@H](O)[C@H](O)[C@H]1O[C@@H]1O[C@H](C(=O)O)[C@@H](O)[C@H](O)[C@H]1O. The molecule has 1 unspecified atom stereocenters. The minimum absolute atomic E-state index is 0.0333. The number of rotatable bonds is 7. The smallest absolute Gasteiger partial charge is 0.335 e. The van der Waals surface area contributed by atoms with E-state index in [-0.39, 0.29) is 34.0 Å². The highest BCUT2D eigenvalue weighted by molar-refractivity contribution is 5.75. The first kappa shape index (κ1) is 43.8. The Morgan fingerprint density at radius 1 is 0.672 bits per heavy atom. The number of fused-ring (bicyclic) bond motifs is 7. The molecule has 0 bridgehead atoms. The molecule has 0 radical (unpaired) electrons. The summed E-state index contributed by atoms with van der Waals surface area (Å²) in [7, 11) is 0. The molecule has 58 heavy (non-hydrogen) atoms. The van der Waals surface area contributed by atoms with Crippen LogP contribution in [0.25, 0.3) is 0 Å². The molecule has 2 saturated heterocycles. The van der Waals surface area contributed by atoms with E-state index in [0.29, 0.717) is 25.7 Å². The molecule has 0 aromatic heterocycles. The van der Waals surface area contributed by atoms with Crippen molar-refractivity contribution in [1.29, 1.82) is 0 Å². The first-order chi connectivity index (χ1) is 26.8. The fraction of sp³-hybridized carbons (Fsp3) is 0.881. The summed E-state index contributed by atoms with van der Waals surface area (Å²) in [6, 6.07) is 0. The van der Waals surface area contributed by atoms with E-state index < -0.39 is 108 Å². The number of aliphatic hydroxyl groups excluding tert-OH is 6. The molecule has 2 heterocycles. The number of carboxylic acids is 3. The zero-order chi connectivity index (χ0) is 42.9. The average Bonchev–Trinajstić information content (AvgIpc) is 3.13. The highest BCUT2D eigenvalue weighted by atomic mass is 16.8. The minimum atomic E-state index is -2.04. The van der Waals surface area contributed by atoms with Gasteiger partial charge in [0.15, 0.2) is 24.8 Å². The Labute approximate surface area is 338 Å². The van der Waals surface area contributed by atoms with Gasteiger partial charge >= 0.3 is 17.9 Å². The molecule has 20 atom stereocenters. The van der Waals surface area contributed by atoms with Gasteiger partial charge in [-0.15, -0.1) is 0 Å². The molecule has 0 spiro atoms. The fourth-order valence-electron chi connectivity index (χ4n) is 13.6. The van der Waals surface area contributed by atoms with Crippen molar-refractivity contribution in [3.63, 3.8) is 0 Å². The maximum atomic E-state index is 12.5. The van der Waals surface area contributed by atoms with E-state index in [1.807, 2.05) is 20.8 Å². The van der Waals surface area contributed by atoms with Gasteiger partial charge in [0.1, 0.15) is 36.6 Å². The van der Waals surface area contributed by atoms with Crippen molar-refractivity contribution in [2.24, 2.45) is 50.2 Å². The minimum Gasteiger partial charge on any atom is -0.481 e. The van der Waals surface area contributed by atoms with Gasteiger partial charge < -0.3 is 64.9 Å². The van der Waals surface area contributed by atoms with Crippen molar-refractivity contribution >= 4 is 17.9 Å². The third kappa shape index (κ3) is 6.33. The van der Waals surface area contributed by atoms with Crippen LogP contribution in [0, 0.1) is 50.2 Å². The molecule has 7 rings (SSSR count). The summed E-state index contributed by atoms with van der Waals surface area (Å²) in [4.78, 5) is 36.5. The Kier molecular flexibility index (Phi) is 10.9. The molecular weight excluding hydrogens is 760 g/mol. The summed E-state index contributed by atoms with van der Waals surface area (Å²) in [5.74, 6) is -4.18. The lowest BCUT2D eigenvalue weighted by Gasteiger charge is -2.72. The van der Waals surface area contributed by atoms with Gasteiger partial charge in [0.25, 0.3) is 0 Å². The number of carbonyl (C=O) groups is 3. The fourth-order valence-corrected chi connectivity index (χ4v) is 13.6. The standard InChI is InChI=1S/C42H64O16/c1-37(2)21-8-11-42(7)31(20(43)16-18-19-17-39(4,36(53)54)13-12-38(19,3)14-15-41(18,42)6)40(21,5)10-9-22(37)55-35-30(26(47)25(46)29(57-35)33(51)52)58-34-27(48)23(44)24(45)28(56-34)32(49)50/h16,19-31,34-35,43-48H,8-15,17H2,1-7H3,(H,49,50)(H,51,52)(H,53,54)/t19-,20-,21?,22-,23-,24-,25-,26-,27+,28-,29-,30+,31+,34-,35+,38+,39-,40-,41+,42+/m0/s1. The maximum Gasteiger partial charge on any atom is 0.335 e. The molecule has 328 valence electrons. The molecule has 4 saturated carbocycles. The van der Waals surface area contributed by atoms with E-state index in [0.717, 1.165) is 32.1 Å². The van der Waals surface area contributed by atoms with E-state index in [4.69, 9.17) is 18.9 Å². The molecule has 16 heteroatoms. The number of aliphatic hydroxyl groups is 6. The Morgan fingerprint density at radius 3 is 1.86 bits per heavy atom. The number of hydrogen-bond donors (Lipinski definition) is 9. The van der Waals surface area contributed by atoms with E-state index in [9.17, 15) is 60.3 Å². The van der Waals surface area contributed by atoms with Crippen molar-refractivity contribution in [2.75, 3.05) is 0 Å². The van der Waals surface area contributed by atoms with Crippen molar-refractivity contribution < 1.29 is 79.3 Å². The van der Waals surface area contributed by atoms with Crippen LogP contribution in [0.4, 0.5) is 0 Å². The second kappa shape index (κ2) is 14.4. The van der Waals surface area contributed by atoms with Crippen LogP contribution in [0.2, 0.25) is 0 Å². The lowest BCUT2D eigenvalue weighted by Crippen LogP contribution is -2.68. The Morgan fingerprint density at radius 2 is 1.26 bits per heavy atom. The second-order valence-electron chi connectivity index (χ2n) is 20.8. The summed E-state index contributed by atoms with van der Waals surface area (Å²) in [6.07, 6.45) is -12.3. The second-order valence-corrected chi connectivity index (χ2v) is 20.8. The van der Waals surface area contributed by atoms with Crippen LogP contribution < -0.4 is 0 Å². The summed E-state index contributed by atoms with van der Waals surface area (Å²) in [6.45, 7) is 15.1. The number of aliphatic carboxylic acids is 3. The van der Waals surface area contributed by atoms with Gasteiger partial charge in [0, 0.05) is 5.92 Å². The van der Waals surface area contributed by atoms with Crippen LogP contribution in [-0.4, -0.2) is 137 Å². The van der Waals surface area contributed by atoms with Gasteiger partial charge in [-0.05, 0) is 104 Å². The van der Waals surface area contributed by atoms with Crippen LogP contribution in [0.15, 0.2) is 11.6 Å².